The minimum atomic E-state index is -1.22. The summed E-state index contributed by atoms with van der Waals surface area (Å²) in [7, 11) is 0. The first-order valence-corrected chi connectivity index (χ1v) is 7.22. The van der Waals surface area contributed by atoms with Gasteiger partial charge in [0.15, 0.2) is 0 Å². The van der Waals surface area contributed by atoms with Crippen molar-refractivity contribution in [2.75, 3.05) is 13.2 Å². The van der Waals surface area contributed by atoms with Gasteiger partial charge in [-0.05, 0) is 25.3 Å². The first-order valence-electron chi connectivity index (χ1n) is 6.34. The molecule has 108 valence electrons. The average Bonchev–Trinajstić information content (AvgIpc) is 2.92. The van der Waals surface area contributed by atoms with Gasteiger partial charge in [-0.25, -0.2) is 0 Å². The highest BCUT2D eigenvalue weighted by molar-refractivity contribution is 7.10. The zero-order chi connectivity index (χ0) is 15.0. The fraction of sp³-hybridized carbons (Fsp3) is 0.500. The van der Waals surface area contributed by atoms with Gasteiger partial charge in [0.05, 0.1) is 32.1 Å². The van der Waals surface area contributed by atoms with E-state index in [1.165, 1.54) is 11.3 Å². The summed E-state index contributed by atoms with van der Waals surface area (Å²) in [6.07, 6.45) is -0.312. The molecule has 20 heavy (non-hydrogen) atoms. The summed E-state index contributed by atoms with van der Waals surface area (Å²) in [5, 5.41) is 11.3. The second kappa shape index (κ2) is 7.65. The van der Waals surface area contributed by atoms with Crippen molar-refractivity contribution >= 4 is 23.3 Å². The largest absolute Gasteiger partial charge is 0.466 e. The molecule has 1 heterocycles. The summed E-state index contributed by atoms with van der Waals surface area (Å²) in [6, 6.07) is 5.63. The average molecular weight is 295 g/mol. The number of esters is 2. The van der Waals surface area contributed by atoms with Crippen molar-refractivity contribution in [3.63, 3.8) is 0 Å². The van der Waals surface area contributed by atoms with Crippen molar-refractivity contribution in [1.82, 2.24) is 0 Å². The maximum atomic E-state index is 11.7. The lowest BCUT2D eigenvalue weighted by molar-refractivity contribution is -0.146. The van der Waals surface area contributed by atoms with E-state index >= 15 is 0 Å². The first kappa shape index (κ1) is 16.2. The molecule has 0 atom stereocenters. The molecule has 1 aromatic heterocycles. The number of carbonyl (C=O) groups excluding carboxylic acids is 2. The van der Waals surface area contributed by atoms with Crippen LogP contribution in [-0.2, 0) is 24.5 Å². The predicted octanol–water partition coefficient (Wildman–Crippen LogP) is 2.42. The number of nitriles is 1. The molecular weight excluding hydrogens is 278 g/mol. The van der Waals surface area contributed by atoms with E-state index in [0.717, 1.165) is 0 Å². The third kappa shape index (κ3) is 4.07. The van der Waals surface area contributed by atoms with Crippen LogP contribution >= 0.6 is 11.3 Å². The van der Waals surface area contributed by atoms with Gasteiger partial charge < -0.3 is 9.47 Å². The lowest BCUT2D eigenvalue weighted by Gasteiger charge is -2.23. The van der Waals surface area contributed by atoms with E-state index in [-0.39, 0.29) is 26.1 Å². The second-order valence-corrected chi connectivity index (χ2v) is 5.08. The number of hydrogen-bond donors (Lipinski definition) is 0. The summed E-state index contributed by atoms with van der Waals surface area (Å²) in [4.78, 5) is 24.1. The van der Waals surface area contributed by atoms with Gasteiger partial charge >= 0.3 is 11.9 Å². The molecule has 0 aromatic carbocycles. The molecule has 0 spiro atoms. The van der Waals surface area contributed by atoms with Crippen LogP contribution in [-0.4, -0.2) is 25.2 Å². The van der Waals surface area contributed by atoms with Crippen LogP contribution in [0, 0.1) is 11.3 Å². The van der Waals surface area contributed by atoms with Gasteiger partial charge in [0.2, 0.25) is 0 Å². The number of thiophene rings is 1. The lowest BCUT2D eigenvalue weighted by atomic mass is 9.81. The highest BCUT2D eigenvalue weighted by Crippen LogP contribution is 2.35. The van der Waals surface area contributed by atoms with Gasteiger partial charge in [-0.3, -0.25) is 9.59 Å². The Morgan fingerprint density at radius 3 is 2.15 bits per heavy atom. The molecule has 6 heteroatoms. The quantitative estimate of drug-likeness (QED) is 0.722. The molecule has 0 aliphatic carbocycles. The molecule has 0 radical (unpaired) electrons. The Morgan fingerprint density at radius 1 is 1.25 bits per heavy atom. The van der Waals surface area contributed by atoms with Crippen LogP contribution in [0.4, 0.5) is 0 Å². The van der Waals surface area contributed by atoms with Crippen molar-refractivity contribution in [2.45, 2.75) is 32.1 Å². The van der Waals surface area contributed by atoms with Gasteiger partial charge in [0.25, 0.3) is 0 Å². The van der Waals surface area contributed by atoms with Crippen molar-refractivity contribution in [1.29, 1.82) is 5.26 Å². The molecule has 0 fully saturated rings. The molecule has 5 nitrogen and oxygen atoms in total. The van der Waals surface area contributed by atoms with E-state index in [2.05, 4.69) is 6.07 Å². The number of rotatable bonds is 7. The van der Waals surface area contributed by atoms with Crippen molar-refractivity contribution < 1.29 is 19.1 Å². The maximum Gasteiger partial charge on any atom is 0.307 e. The Balaban J connectivity index is 3.01. The molecule has 0 saturated carbocycles. The Kier molecular flexibility index (Phi) is 6.19. The van der Waals surface area contributed by atoms with Crippen LogP contribution in [0.15, 0.2) is 17.5 Å². The maximum absolute atomic E-state index is 11.7. The smallest absolute Gasteiger partial charge is 0.307 e. The Hall–Kier alpha value is -1.87. The molecule has 0 amide bonds. The molecule has 0 aliphatic rings. The third-order valence-electron chi connectivity index (χ3n) is 2.71. The molecule has 1 aromatic rings. The van der Waals surface area contributed by atoms with E-state index in [1.807, 2.05) is 0 Å². The molecule has 0 unspecified atom stereocenters. The minimum Gasteiger partial charge on any atom is -0.466 e. The van der Waals surface area contributed by atoms with Gasteiger partial charge in [0.1, 0.15) is 5.41 Å². The summed E-state index contributed by atoms with van der Waals surface area (Å²) in [5.41, 5.74) is -1.22. The Morgan fingerprint density at radius 2 is 1.80 bits per heavy atom. The predicted molar refractivity (Wildman–Crippen MR) is 74.1 cm³/mol. The standard InChI is InChI=1S/C14H17NO4S/c1-3-18-12(16)8-14(10-15,9-13(17)19-4-2)11-6-5-7-20-11/h5-7H,3-4,8-9H2,1-2H3. The first-order chi connectivity index (χ1) is 9.57. The van der Waals surface area contributed by atoms with Gasteiger partial charge in [-0.15, -0.1) is 11.3 Å². The number of carbonyl (C=O) groups is 2. The van der Waals surface area contributed by atoms with Crippen LogP contribution in [0.25, 0.3) is 0 Å². The van der Waals surface area contributed by atoms with Crippen LogP contribution in [0.2, 0.25) is 0 Å². The molecule has 0 saturated heterocycles. The highest BCUT2D eigenvalue weighted by Gasteiger charge is 2.39. The van der Waals surface area contributed by atoms with Gasteiger partial charge in [-0.2, -0.15) is 5.26 Å². The summed E-state index contributed by atoms with van der Waals surface area (Å²) < 4.78 is 9.80. The third-order valence-corrected chi connectivity index (χ3v) is 3.78. The SMILES string of the molecule is CCOC(=O)CC(C#N)(CC(=O)OCC)c1cccs1. The molecule has 0 N–H and O–H groups in total. The van der Waals surface area contributed by atoms with Crippen LogP contribution in [0.3, 0.4) is 0 Å². The van der Waals surface area contributed by atoms with Gasteiger partial charge in [-0.1, -0.05) is 6.07 Å². The molecule has 1 rings (SSSR count). The van der Waals surface area contributed by atoms with E-state index in [9.17, 15) is 14.9 Å². The minimum absolute atomic E-state index is 0.156. The Labute approximate surface area is 122 Å². The molecule has 0 aliphatic heterocycles. The zero-order valence-electron chi connectivity index (χ0n) is 11.5. The fourth-order valence-electron chi connectivity index (χ4n) is 1.84. The van der Waals surface area contributed by atoms with Crippen molar-refractivity contribution in [2.24, 2.45) is 0 Å². The van der Waals surface area contributed by atoms with Crippen molar-refractivity contribution in [3.05, 3.63) is 22.4 Å². The summed E-state index contributed by atoms with van der Waals surface area (Å²) >= 11 is 1.34. The van der Waals surface area contributed by atoms with E-state index in [0.29, 0.717) is 4.88 Å². The van der Waals surface area contributed by atoms with E-state index in [4.69, 9.17) is 9.47 Å². The topological polar surface area (TPSA) is 76.4 Å². The van der Waals surface area contributed by atoms with Crippen LogP contribution in [0.5, 0.6) is 0 Å². The zero-order valence-corrected chi connectivity index (χ0v) is 12.4. The lowest BCUT2D eigenvalue weighted by Crippen LogP contribution is -2.31. The molecule has 0 bridgehead atoms. The molecular formula is C14H17NO4S. The normalized spacial score (nSPS) is 10.7. The van der Waals surface area contributed by atoms with Crippen molar-refractivity contribution in [3.8, 4) is 6.07 Å². The monoisotopic (exact) mass is 295 g/mol. The summed E-state index contributed by atoms with van der Waals surface area (Å²) in [6.45, 7) is 3.87. The fourth-order valence-corrected chi connectivity index (χ4v) is 2.72. The van der Waals surface area contributed by atoms with E-state index in [1.54, 1.807) is 31.4 Å². The number of hydrogen-bond acceptors (Lipinski definition) is 6. The second-order valence-electron chi connectivity index (χ2n) is 4.13. The van der Waals surface area contributed by atoms with Gasteiger partial charge in [0, 0.05) is 4.88 Å². The van der Waals surface area contributed by atoms with Crippen LogP contribution < -0.4 is 0 Å². The van der Waals surface area contributed by atoms with Crippen LogP contribution in [0.1, 0.15) is 31.6 Å². The highest BCUT2D eigenvalue weighted by atomic mass is 32.1. The van der Waals surface area contributed by atoms with E-state index < -0.39 is 17.4 Å². The number of nitrogens with zero attached hydrogens (tertiary/aromatic N) is 1. The number of ether oxygens (including phenoxy) is 2. The Bertz CT molecular complexity index is 470. The summed E-state index contributed by atoms with van der Waals surface area (Å²) in [5.74, 6) is -0.988.